The monoisotopic (exact) mass is 526 g/mol. The molecule has 4 rings (SSSR count). The van der Waals surface area contributed by atoms with E-state index in [4.69, 9.17) is 14.6 Å². The lowest BCUT2D eigenvalue weighted by atomic mass is 10.0. The number of urea groups is 1. The number of anilines is 2. The van der Waals surface area contributed by atoms with Gasteiger partial charge >= 0.3 is 12.2 Å². The average Bonchev–Trinajstić information content (AvgIpc) is 3.28. The van der Waals surface area contributed by atoms with Crippen LogP contribution in [0.15, 0.2) is 30.3 Å². The molecule has 1 aromatic heterocycles. The van der Waals surface area contributed by atoms with Gasteiger partial charge in [0.05, 0.1) is 35.3 Å². The molecule has 4 amide bonds. The summed E-state index contributed by atoms with van der Waals surface area (Å²) >= 11 is 0. The summed E-state index contributed by atoms with van der Waals surface area (Å²) in [6, 6.07) is 4.47. The van der Waals surface area contributed by atoms with Gasteiger partial charge in [-0.25, -0.2) is 18.4 Å². The van der Waals surface area contributed by atoms with Crippen LogP contribution in [0.5, 0.6) is 11.5 Å². The van der Waals surface area contributed by atoms with E-state index >= 15 is 0 Å². The second kappa shape index (κ2) is 10.0. The van der Waals surface area contributed by atoms with Gasteiger partial charge in [0.25, 0.3) is 11.8 Å². The Kier molecular flexibility index (Phi) is 6.84. The largest absolute Gasteiger partial charge is 0.511 e. The molecule has 5 N–H and O–H groups in total. The van der Waals surface area contributed by atoms with Crippen LogP contribution >= 0.6 is 0 Å². The molecule has 0 unspecified atom stereocenters. The second-order valence-corrected chi connectivity index (χ2v) is 8.13. The lowest BCUT2D eigenvalue weighted by molar-refractivity contribution is -0.110. The number of aromatic amines is 1. The van der Waals surface area contributed by atoms with E-state index in [2.05, 4.69) is 15.6 Å². The molecule has 11 nitrogen and oxygen atoms in total. The molecule has 13 heteroatoms. The Morgan fingerprint density at radius 3 is 2.47 bits per heavy atom. The van der Waals surface area contributed by atoms with Crippen LogP contribution in [0.4, 0.5) is 29.7 Å². The molecule has 0 bridgehead atoms. The summed E-state index contributed by atoms with van der Waals surface area (Å²) in [6.45, 7) is 3.18. The third-order valence-corrected chi connectivity index (χ3v) is 5.67. The Morgan fingerprint density at radius 2 is 1.82 bits per heavy atom. The van der Waals surface area contributed by atoms with Crippen molar-refractivity contribution in [3.8, 4) is 11.5 Å². The quantitative estimate of drug-likeness (QED) is 0.243. The standard InChI is InChI=1S/C25H20F2N4O7/c1-10-18(28-11(2)21(10)38-25(35)36)8-15-14-7-17(27)20(9-19(14)29-23(15)33)30-24(34)31-22(32)13-5-4-12(37-3)6-16(13)26/h4-9,28H,1-3H3,(H,29,33)(H,35,36)(H2,30,31,32,34)/b15-8-. The number of halogens is 2. The molecule has 0 fully saturated rings. The maximum Gasteiger partial charge on any atom is 0.511 e. The SMILES string of the molecule is COc1ccc(C(=O)NC(=O)Nc2cc3c(cc2F)/C(=C/c2[nH]c(C)c(OC(=O)O)c2C)C(=O)N3)c(F)c1. The Balaban J connectivity index is 1.55. The topological polar surface area (TPSA) is 159 Å². The number of hydrogen-bond donors (Lipinski definition) is 5. The fourth-order valence-electron chi connectivity index (χ4n) is 3.87. The zero-order valence-electron chi connectivity index (χ0n) is 20.1. The summed E-state index contributed by atoms with van der Waals surface area (Å²) in [5.74, 6) is -3.21. The molecule has 3 aromatic rings. The summed E-state index contributed by atoms with van der Waals surface area (Å²) in [5.41, 5.74) is 0.868. The number of imide groups is 1. The first-order valence-electron chi connectivity index (χ1n) is 10.9. The van der Waals surface area contributed by atoms with Crippen LogP contribution in [0.1, 0.15) is 32.9 Å². The number of aromatic nitrogens is 1. The first-order chi connectivity index (χ1) is 18.0. The lowest BCUT2D eigenvalue weighted by Gasteiger charge is -2.10. The molecule has 38 heavy (non-hydrogen) atoms. The highest BCUT2D eigenvalue weighted by Gasteiger charge is 2.28. The average molecular weight is 526 g/mol. The van der Waals surface area contributed by atoms with Gasteiger partial charge in [-0.2, -0.15) is 0 Å². The maximum atomic E-state index is 14.9. The minimum absolute atomic E-state index is 0.0753. The summed E-state index contributed by atoms with van der Waals surface area (Å²) in [6.07, 6.45) is -0.0835. The maximum absolute atomic E-state index is 14.9. The fraction of sp³-hybridized carbons (Fsp3) is 0.120. The Labute approximate surface area is 213 Å². The van der Waals surface area contributed by atoms with Crippen molar-refractivity contribution in [3.63, 3.8) is 0 Å². The van der Waals surface area contributed by atoms with Gasteiger partial charge in [0.2, 0.25) is 0 Å². The smallest absolute Gasteiger partial charge is 0.497 e. The summed E-state index contributed by atoms with van der Waals surface area (Å²) in [5, 5.41) is 15.5. The van der Waals surface area contributed by atoms with E-state index in [1.165, 1.54) is 19.3 Å². The van der Waals surface area contributed by atoms with Crippen LogP contribution in [-0.2, 0) is 4.79 Å². The first kappa shape index (κ1) is 25.9. The van der Waals surface area contributed by atoms with E-state index in [0.29, 0.717) is 17.0 Å². The van der Waals surface area contributed by atoms with Gasteiger partial charge in [0.1, 0.15) is 17.4 Å². The van der Waals surface area contributed by atoms with E-state index in [-0.39, 0.29) is 34.0 Å². The van der Waals surface area contributed by atoms with Gasteiger partial charge in [-0.1, -0.05) is 0 Å². The van der Waals surface area contributed by atoms with Crippen LogP contribution in [0.25, 0.3) is 11.6 Å². The first-order valence-corrected chi connectivity index (χ1v) is 10.9. The summed E-state index contributed by atoms with van der Waals surface area (Å²) in [4.78, 5) is 51.0. The molecule has 0 radical (unpaired) electrons. The zero-order valence-corrected chi connectivity index (χ0v) is 20.1. The zero-order chi connectivity index (χ0) is 27.7. The number of rotatable bonds is 5. The molecule has 0 atom stereocenters. The predicted molar refractivity (Wildman–Crippen MR) is 131 cm³/mol. The Hall–Kier alpha value is -5.20. The number of methoxy groups -OCH3 is 1. The number of benzene rings is 2. The van der Waals surface area contributed by atoms with Crippen LogP contribution < -0.4 is 25.4 Å². The fourth-order valence-corrected chi connectivity index (χ4v) is 3.87. The van der Waals surface area contributed by atoms with E-state index in [0.717, 1.165) is 24.3 Å². The normalized spacial score (nSPS) is 13.1. The summed E-state index contributed by atoms with van der Waals surface area (Å²) in [7, 11) is 1.32. The molecule has 2 aromatic carbocycles. The number of ether oxygens (including phenoxy) is 2. The van der Waals surface area contributed by atoms with Gasteiger partial charge in [-0.3, -0.25) is 14.9 Å². The van der Waals surface area contributed by atoms with E-state index in [1.54, 1.807) is 13.8 Å². The number of carbonyl (C=O) groups excluding carboxylic acids is 3. The highest BCUT2D eigenvalue weighted by molar-refractivity contribution is 6.35. The summed E-state index contributed by atoms with van der Waals surface area (Å²) < 4.78 is 38.6. The van der Waals surface area contributed by atoms with Crippen molar-refractivity contribution in [2.24, 2.45) is 0 Å². The van der Waals surface area contributed by atoms with Crippen LogP contribution in [0.3, 0.4) is 0 Å². The van der Waals surface area contributed by atoms with Crippen molar-refractivity contribution >= 4 is 47.0 Å². The number of carboxylic acid groups (broad SMARTS) is 1. The third kappa shape index (κ3) is 5.02. The number of fused-ring (bicyclic) bond motifs is 1. The molecule has 0 spiro atoms. The van der Waals surface area contributed by atoms with Crippen LogP contribution in [-0.4, -0.2) is 41.2 Å². The minimum atomic E-state index is -1.50. The van der Waals surface area contributed by atoms with Crippen molar-refractivity contribution in [1.29, 1.82) is 0 Å². The highest BCUT2D eigenvalue weighted by atomic mass is 19.1. The molecule has 196 valence electrons. The van der Waals surface area contributed by atoms with Gasteiger partial charge in [-0.05, 0) is 44.2 Å². The molecule has 0 saturated carbocycles. The van der Waals surface area contributed by atoms with Crippen molar-refractivity contribution in [3.05, 3.63) is 70.0 Å². The predicted octanol–water partition coefficient (Wildman–Crippen LogP) is 4.43. The number of nitrogens with one attached hydrogen (secondary N) is 4. The van der Waals surface area contributed by atoms with E-state index < -0.39 is 41.2 Å². The third-order valence-electron chi connectivity index (χ3n) is 5.67. The van der Waals surface area contributed by atoms with Crippen LogP contribution in [0, 0.1) is 25.5 Å². The molecular formula is C25H20F2N4O7. The number of hydrogen-bond acceptors (Lipinski definition) is 6. The van der Waals surface area contributed by atoms with Gasteiger partial charge in [0, 0.05) is 22.9 Å². The molecule has 0 aliphatic carbocycles. The second-order valence-electron chi connectivity index (χ2n) is 8.13. The van der Waals surface area contributed by atoms with Crippen molar-refractivity contribution in [2.45, 2.75) is 13.8 Å². The molecular weight excluding hydrogens is 506 g/mol. The number of amides is 4. The Morgan fingerprint density at radius 1 is 1.08 bits per heavy atom. The molecule has 2 heterocycles. The van der Waals surface area contributed by atoms with Crippen molar-refractivity contribution < 1.29 is 42.5 Å². The molecule has 1 aliphatic rings. The van der Waals surface area contributed by atoms with Crippen LogP contribution in [0.2, 0.25) is 0 Å². The van der Waals surface area contributed by atoms with Gasteiger partial charge in [0.15, 0.2) is 5.75 Å². The number of carbonyl (C=O) groups is 4. The molecule has 0 saturated heterocycles. The van der Waals surface area contributed by atoms with Crippen molar-refractivity contribution in [1.82, 2.24) is 10.3 Å². The molecule has 1 aliphatic heterocycles. The number of H-pyrrole nitrogens is 1. The van der Waals surface area contributed by atoms with Crippen molar-refractivity contribution in [2.75, 3.05) is 17.7 Å². The van der Waals surface area contributed by atoms with Gasteiger partial charge in [-0.15, -0.1) is 0 Å². The van der Waals surface area contributed by atoms with E-state index in [1.807, 2.05) is 5.32 Å². The lowest BCUT2D eigenvalue weighted by Crippen LogP contribution is -2.35. The minimum Gasteiger partial charge on any atom is -0.497 e. The Bertz CT molecular complexity index is 1540. The van der Waals surface area contributed by atoms with E-state index in [9.17, 15) is 28.0 Å². The highest BCUT2D eigenvalue weighted by Crippen LogP contribution is 2.38. The van der Waals surface area contributed by atoms with Gasteiger partial charge < -0.3 is 30.2 Å². The number of aryl methyl sites for hydroxylation is 1.